The van der Waals surface area contributed by atoms with Crippen LogP contribution in [0.15, 0.2) is 11.8 Å². The van der Waals surface area contributed by atoms with Crippen LogP contribution in [0.1, 0.15) is 39.0 Å². The normalized spacial score (nSPS) is 18.1. The molecule has 1 saturated carbocycles. The lowest BCUT2D eigenvalue weighted by molar-refractivity contribution is -0.145. The highest BCUT2D eigenvalue weighted by atomic mass is 16.5. The molecular weight excluding hydrogens is 256 g/mol. The first-order valence-corrected chi connectivity index (χ1v) is 7.47. The second kappa shape index (κ2) is 6.88. The zero-order valence-electron chi connectivity index (χ0n) is 12.4. The van der Waals surface area contributed by atoms with Crippen molar-refractivity contribution in [1.82, 2.24) is 9.80 Å². The number of hydrogen-bond acceptors (Lipinski definition) is 4. The molecule has 0 N–H and O–H groups in total. The van der Waals surface area contributed by atoms with Crippen molar-refractivity contribution in [2.75, 3.05) is 26.7 Å². The Morgan fingerprint density at radius 3 is 2.65 bits per heavy atom. The van der Waals surface area contributed by atoms with Crippen LogP contribution in [0.4, 0.5) is 0 Å². The molecule has 2 aliphatic carbocycles. The summed E-state index contributed by atoms with van der Waals surface area (Å²) in [5.41, 5.74) is 1.11. The third-order valence-electron chi connectivity index (χ3n) is 3.86. The van der Waals surface area contributed by atoms with Crippen LogP contribution in [-0.4, -0.2) is 54.5 Å². The van der Waals surface area contributed by atoms with Gasteiger partial charge in [0.25, 0.3) is 0 Å². The zero-order valence-corrected chi connectivity index (χ0v) is 12.4. The molecule has 5 nitrogen and oxygen atoms in total. The van der Waals surface area contributed by atoms with Crippen LogP contribution in [0.5, 0.6) is 0 Å². The molecule has 1 amide bonds. The fourth-order valence-electron chi connectivity index (χ4n) is 2.52. The number of likely N-dealkylation sites (N-methyl/N-ethyl adjacent to an activating group) is 1. The first-order chi connectivity index (χ1) is 9.61. The monoisotopic (exact) mass is 280 g/mol. The molecule has 0 aromatic carbocycles. The molecule has 0 saturated heterocycles. The van der Waals surface area contributed by atoms with Gasteiger partial charge in [-0.15, -0.1) is 0 Å². The Hall–Kier alpha value is -1.36. The van der Waals surface area contributed by atoms with Crippen molar-refractivity contribution >= 4 is 11.9 Å². The van der Waals surface area contributed by atoms with Gasteiger partial charge in [-0.2, -0.15) is 0 Å². The summed E-state index contributed by atoms with van der Waals surface area (Å²) in [6, 6.07) is 0.370. The fourth-order valence-corrected chi connectivity index (χ4v) is 2.52. The van der Waals surface area contributed by atoms with E-state index in [2.05, 4.69) is 6.08 Å². The average Bonchev–Trinajstić information content (AvgIpc) is 3.12. The molecule has 0 aromatic rings. The molecule has 0 radical (unpaired) electrons. The van der Waals surface area contributed by atoms with Crippen LogP contribution in [0.2, 0.25) is 0 Å². The summed E-state index contributed by atoms with van der Waals surface area (Å²) in [5.74, 6) is -0.177. The lowest BCUT2D eigenvalue weighted by Gasteiger charge is -2.25. The van der Waals surface area contributed by atoms with Crippen LogP contribution in [0, 0.1) is 0 Å². The van der Waals surface area contributed by atoms with Crippen LogP contribution in [0.3, 0.4) is 0 Å². The second-order valence-corrected chi connectivity index (χ2v) is 5.48. The third kappa shape index (κ3) is 4.07. The third-order valence-corrected chi connectivity index (χ3v) is 3.86. The van der Waals surface area contributed by atoms with Gasteiger partial charge in [0.2, 0.25) is 5.91 Å². The van der Waals surface area contributed by atoms with Crippen LogP contribution >= 0.6 is 0 Å². The summed E-state index contributed by atoms with van der Waals surface area (Å²) in [6.07, 6.45) is 7.43. The van der Waals surface area contributed by atoms with Gasteiger partial charge in [0, 0.05) is 18.8 Å². The van der Waals surface area contributed by atoms with Crippen molar-refractivity contribution in [3.8, 4) is 0 Å². The summed E-state index contributed by atoms with van der Waals surface area (Å²) >= 11 is 0. The molecule has 0 heterocycles. The van der Waals surface area contributed by atoms with E-state index in [1.807, 2.05) is 11.9 Å². The van der Waals surface area contributed by atoms with Crippen LogP contribution < -0.4 is 0 Å². The minimum atomic E-state index is -0.241. The summed E-state index contributed by atoms with van der Waals surface area (Å²) in [6.45, 7) is 2.71. The fraction of sp³-hybridized carbons (Fsp3) is 0.733. The molecule has 2 aliphatic rings. The maximum Gasteiger partial charge on any atom is 0.320 e. The summed E-state index contributed by atoms with van der Waals surface area (Å²) < 4.78 is 4.98. The van der Waals surface area contributed by atoms with Gasteiger partial charge < -0.3 is 9.64 Å². The SMILES string of the molecule is CCOC(=O)CN(CC(=O)N(C)C1=CCCC1)C1CC1. The highest BCUT2D eigenvalue weighted by molar-refractivity contribution is 5.81. The van der Waals surface area contributed by atoms with Crippen molar-refractivity contribution < 1.29 is 14.3 Å². The number of rotatable bonds is 7. The molecule has 0 spiro atoms. The quantitative estimate of drug-likeness (QED) is 0.664. The van der Waals surface area contributed by atoms with Crippen molar-refractivity contribution in [2.45, 2.75) is 45.1 Å². The summed E-state index contributed by atoms with van der Waals surface area (Å²) in [4.78, 5) is 27.6. The van der Waals surface area contributed by atoms with E-state index in [-0.39, 0.29) is 18.4 Å². The Morgan fingerprint density at radius 2 is 2.10 bits per heavy atom. The minimum Gasteiger partial charge on any atom is -0.465 e. The molecular formula is C15H24N2O3. The Bertz CT molecular complexity index is 402. The molecule has 1 fully saturated rings. The molecule has 0 atom stereocenters. The standard InChI is InChI=1S/C15H24N2O3/c1-3-20-15(19)11-17(13-8-9-13)10-14(18)16(2)12-6-4-5-7-12/h6,13H,3-5,7-11H2,1-2H3. The number of esters is 1. The van der Waals surface area contributed by atoms with E-state index in [0.717, 1.165) is 37.8 Å². The maximum atomic E-state index is 12.3. The van der Waals surface area contributed by atoms with Gasteiger partial charge >= 0.3 is 5.97 Å². The smallest absolute Gasteiger partial charge is 0.320 e. The molecule has 20 heavy (non-hydrogen) atoms. The number of carbonyl (C=O) groups excluding carboxylic acids is 2. The molecule has 0 aromatic heterocycles. The molecule has 2 rings (SSSR count). The second-order valence-electron chi connectivity index (χ2n) is 5.48. The Labute approximate surface area is 120 Å². The van der Waals surface area contributed by atoms with Crippen LogP contribution in [0.25, 0.3) is 0 Å². The lowest BCUT2D eigenvalue weighted by atomic mass is 10.3. The van der Waals surface area contributed by atoms with E-state index in [0.29, 0.717) is 19.2 Å². The molecule has 112 valence electrons. The maximum absolute atomic E-state index is 12.3. The van der Waals surface area contributed by atoms with E-state index in [1.54, 1.807) is 11.8 Å². The minimum absolute atomic E-state index is 0.0642. The van der Waals surface area contributed by atoms with Gasteiger partial charge in [0.05, 0.1) is 19.7 Å². The van der Waals surface area contributed by atoms with Gasteiger partial charge in [-0.1, -0.05) is 6.08 Å². The molecule has 0 aliphatic heterocycles. The number of amides is 1. The number of ether oxygens (including phenoxy) is 1. The van der Waals surface area contributed by atoms with E-state index >= 15 is 0 Å². The van der Waals surface area contributed by atoms with Crippen molar-refractivity contribution in [3.05, 3.63) is 11.8 Å². The largest absolute Gasteiger partial charge is 0.465 e. The summed E-state index contributed by atoms with van der Waals surface area (Å²) in [7, 11) is 1.83. The van der Waals surface area contributed by atoms with E-state index < -0.39 is 0 Å². The van der Waals surface area contributed by atoms with E-state index in [9.17, 15) is 9.59 Å². The van der Waals surface area contributed by atoms with Gasteiger partial charge in [-0.3, -0.25) is 14.5 Å². The Kier molecular flexibility index (Phi) is 5.17. The molecule has 5 heteroatoms. The topological polar surface area (TPSA) is 49.9 Å². The first kappa shape index (κ1) is 15.0. The Morgan fingerprint density at radius 1 is 1.35 bits per heavy atom. The number of nitrogens with zero attached hydrogens (tertiary/aromatic N) is 2. The van der Waals surface area contributed by atoms with Gasteiger partial charge in [0.15, 0.2) is 0 Å². The summed E-state index contributed by atoms with van der Waals surface area (Å²) in [5, 5.41) is 0. The predicted octanol–water partition coefficient (Wildman–Crippen LogP) is 1.54. The van der Waals surface area contributed by atoms with Crippen LogP contribution in [-0.2, 0) is 14.3 Å². The van der Waals surface area contributed by atoms with Crippen molar-refractivity contribution in [1.29, 1.82) is 0 Å². The zero-order chi connectivity index (χ0) is 14.5. The number of hydrogen-bond donors (Lipinski definition) is 0. The molecule has 0 bridgehead atoms. The van der Waals surface area contributed by atoms with E-state index in [1.165, 1.54) is 0 Å². The average molecular weight is 280 g/mol. The van der Waals surface area contributed by atoms with Gasteiger partial charge in [0.1, 0.15) is 0 Å². The number of carbonyl (C=O) groups is 2. The lowest BCUT2D eigenvalue weighted by Crippen LogP contribution is -2.41. The van der Waals surface area contributed by atoms with Gasteiger partial charge in [-0.25, -0.2) is 0 Å². The van der Waals surface area contributed by atoms with Crippen molar-refractivity contribution in [2.24, 2.45) is 0 Å². The molecule has 0 unspecified atom stereocenters. The van der Waals surface area contributed by atoms with Gasteiger partial charge in [-0.05, 0) is 39.0 Å². The number of allylic oxidation sites excluding steroid dienone is 2. The highest BCUT2D eigenvalue weighted by Gasteiger charge is 2.33. The predicted molar refractivity (Wildman–Crippen MR) is 75.9 cm³/mol. The Balaban J connectivity index is 1.87. The van der Waals surface area contributed by atoms with Crippen molar-refractivity contribution in [3.63, 3.8) is 0 Å². The highest BCUT2D eigenvalue weighted by Crippen LogP contribution is 2.27. The first-order valence-electron chi connectivity index (χ1n) is 7.47. The van der Waals surface area contributed by atoms with E-state index in [4.69, 9.17) is 4.74 Å².